The van der Waals surface area contributed by atoms with Gasteiger partial charge in [0.15, 0.2) is 5.78 Å². The summed E-state index contributed by atoms with van der Waals surface area (Å²) in [6.45, 7) is 6.59. The summed E-state index contributed by atoms with van der Waals surface area (Å²) < 4.78 is 0. The fourth-order valence-corrected chi connectivity index (χ4v) is 2.37. The van der Waals surface area contributed by atoms with Crippen LogP contribution in [0.4, 0.5) is 0 Å². The second kappa shape index (κ2) is 8.91. The highest BCUT2D eigenvalue weighted by Gasteiger charge is 2.13. The first kappa shape index (κ1) is 16.9. The van der Waals surface area contributed by atoms with Crippen LogP contribution >= 0.6 is 0 Å². The first-order chi connectivity index (χ1) is 9.52. The molecule has 2 N–H and O–H groups in total. The lowest BCUT2D eigenvalue weighted by Gasteiger charge is -2.11. The quantitative estimate of drug-likeness (QED) is 0.694. The summed E-state index contributed by atoms with van der Waals surface area (Å²) in [6, 6.07) is 8.09. The van der Waals surface area contributed by atoms with Crippen molar-refractivity contribution >= 4 is 5.78 Å². The van der Waals surface area contributed by atoms with Crippen LogP contribution in [0, 0.1) is 5.92 Å². The molecule has 1 aromatic rings. The third kappa shape index (κ3) is 6.33. The predicted molar refractivity (Wildman–Crippen MR) is 85.8 cm³/mol. The largest absolute Gasteiger partial charge is 0.321 e. The standard InChI is InChI=1S/C18H29NO/c1-4-5-6-7-17(19)18(20)13-16-10-8-15(9-11-16)12-14(2)3/h8-11,14,17H,4-7,12-13,19H2,1-3H3/t17-/m0/s1. The normalized spacial score (nSPS) is 12.7. The van der Waals surface area contributed by atoms with Gasteiger partial charge in [0.1, 0.15) is 0 Å². The molecular weight excluding hydrogens is 246 g/mol. The SMILES string of the molecule is CCCCC[C@H](N)C(=O)Cc1ccc(CC(C)C)cc1. The van der Waals surface area contributed by atoms with Crippen molar-refractivity contribution in [2.45, 2.75) is 65.3 Å². The minimum atomic E-state index is -0.295. The molecule has 0 saturated carbocycles. The topological polar surface area (TPSA) is 43.1 Å². The van der Waals surface area contributed by atoms with E-state index in [9.17, 15) is 4.79 Å². The monoisotopic (exact) mass is 275 g/mol. The van der Waals surface area contributed by atoms with Gasteiger partial charge in [0.2, 0.25) is 0 Å². The lowest BCUT2D eigenvalue weighted by Crippen LogP contribution is -2.31. The van der Waals surface area contributed by atoms with E-state index in [-0.39, 0.29) is 11.8 Å². The van der Waals surface area contributed by atoms with Crippen molar-refractivity contribution in [3.63, 3.8) is 0 Å². The Morgan fingerprint density at radius 2 is 1.70 bits per heavy atom. The first-order valence-corrected chi connectivity index (χ1v) is 7.89. The third-order valence-electron chi connectivity index (χ3n) is 3.58. The van der Waals surface area contributed by atoms with Gasteiger partial charge in [0, 0.05) is 6.42 Å². The molecule has 0 amide bonds. The van der Waals surface area contributed by atoms with E-state index in [4.69, 9.17) is 5.73 Å². The zero-order valence-corrected chi connectivity index (χ0v) is 13.2. The average molecular weight is 275 g/mol. The molecule has 0 bridgehead atoms. The molecule has 0 spiro atoms. The molecule has 112 valence electrons. The third-order valence-corrected chi connectivity index (χ3v) is 3.58. The van der Waals surface area contributed by atoms with Gasteiger partial charge in [-0.25, -0.2) is 0 Å². The second-order valence-electron chi connectivity index (χ2n) is 6.16. The second-order valence-corrected chi connectivity index (χ2v) is 6.16. The molecule has 0 aromatic heterocycles. The lowest BCUT2D eigenvalue weighted by atomic mass is 9.97. The van der Waals surface area contributed by atoms with Crippen LogP contribution in [0.25, 0.3) is 0 Å². The van der Waals surface area contributed by atoms with Gasteiger partial charge in [-0.3, -0.25) is 4.79 Å². The fraction of sp³-hybridized carbons (Fsp3) is 0.611. The Balaban J connectivity index is 2.45. The van der Waals surface area contributed by atoms with Crippen LogP contribution in [0.15, 0.2) is 24.3 Å². The van der Waals surface area contributed by atoms with Crippen LogP contribution in [-0.4, -0.2) is 11.8 Å². The van der Waals surface area contributed by atoms with Crippen LogP contribution in [-0.2, 0) is 17.6 Å². The summed E-state index contributed by atoms with van der Waals surface area (Å²) in [5.74, 6) is 0.826. The molecule has 1 aromatic carbocycles. The molecule has 0 fully saturated rings. The number of hydrogen-bond donors (Lipinski definition) is 1. The smallest absolute Gasteiger partial charge is 0.153 e. The Labute approximate surface area is 123 Å². The van der Waals surface area contributed by atoms with E-state index >= 15 is 0 Å². The molecule has 1 atom stereocenters. The number of hydrogen-bond acceptors (Lipinski definition) is 2. The van der Waals surface area contributed by atoms with E-state index in [1.807, 2.05) is 0 Å². The van der Waals surface area contributed by atoms with Crippen molar-refractivity contribution in [1.29, 1.82) is 0 Å². The van der Waals surface area contributed by atoms with Gasteiger partial charge in [-0.2, -0.15) is 0 Å². The van der Waals surface area contributed by atoms with Crippen molar-refractivity contribution in [2.75, 3.05) is 0 Å². The van der Waals surface area contributed by atoms with Crippen LogP contribution in [0.3, 0.4) is 0 Å². The summed E-state index contributed by atoms with van der Waals surface area (Å²) >= 11 is 0. The Kier molecular flexibility index (Phi) is 7.53. The maximum Gasteiger partial charge on any atom is 0.153 e. The van der Waals surface area contributed by atoms with Crippen molar-refractivity contribution in [1.82, 2.24) is 0 Å². The number of carbonyl (C=O) groups is 1. The number of Topliss-reactive ketones (excluding diaryl/α,β-unsaturated/α-hetero) is 1. The molecular formula is C18H29NO. The molecule has 0 unspecified atom stereocenters. The van der Waals surface area contributed by atoms with Gasteiger partial charge >= 0.3 is 0 Å². The average Bonchev–Trinajstić information content (AvgIpc) is 2.40. The Morgan fingerprint density at radius 1 is 1.10 bits per heavy atom. The lowest BCUT2D eigenvalue weighted by molar-refractivity contribution is -0.119. The van der Waals surface area contributed by atoms with E-state index in [1.54, 1.807) is 0 Å². The molecule has 2 heteroatoms. The van der Waals surface area contributed by atoms with Crippen LogP contribution in [0.1, 0.15) is 57.6 Å². The molecule has 0 aliphatic heterocycles. The molecule has 0 heterocycles. The summed E-state index contributed by atoms with van der Waals surface area (Å²) in [5.41, 5.74) is 8.37. The Bertz CT molecular complexity index is 394. The highest BCUT2D eigenvalue weighted by molar-refractivity contribution is 5.85. The molecule has 20 heavy (non-hydrogen) atoms. The molecule has 0 saturated heterocycles. The van der Waals surface area contributed by atoms with E-state index in [2.05, 4.69) is 45.0 Å². The van der Waals surface area contributed by atoms with E-state index < -0.39 is 0 Å². The van der Waals surface area contributed by atoms with E-state index in [0.29, 0.717) is 12.3 Å². The number of benzene rings is 1. The van der Waals surface area contributed by atoms with E-state index in [1.165, 1.54) is 5.56 Å². The zero-order chi connectivity index (χ0) is 15.0. The fourth-order valence-electron chi connectivity index (χ4n) is 2.37. The van der Waals surface area contributed by atoms with Crippen molar-refractivity contribution < 1.29 is 4.79 Å². The van der Waals surface area contributed by atoms with Gasteiger partial charge in [-0.1, -0.05) is 64.3 Å². The van der Waals surface area contributed by atoms with Gasteiger partial charge in [-0.05, 0) is 29.9 Å². The molecule has 0 aliphatic carbocycles. The van der Waals surface area contributed by atoms with Gasteiger partial charge in [0.05, 0.1) is 6.04 Å². The summed E-state index contributed by atoms with van der Waals surface area (Å²) in [6.07, 6.45) is 5.75. The predicted octanol–water partition coefficient (Wildman–Crippen LogP) is 3.90. The van der Waals surface area contributed by atoms with Crippen LogP contribution < -0.4 is 5.73 Å². The highest BCUT2D eigenvalue weighted by Crippen LogP contribution is 2.11. The molecule has 2 nitrogen and oxygen atoms in total. The summed E-state index contributed by atoms with van der Waals surface area (Å²) in [4.78, 5) is 12.0. The van der Waals surface area contributed by atoms with Gasteiger partial charge in [-0.15, -0.1) is 0 Å². The number of nitrogens with two attached hydrogens (primary N) is 1. The number of ketones is 1. The van der Waals surface area contributed by atoms with Crippen LogP contribution in [0.5, 0.6) is 0 Å². The minimum Gasteiger partial charge on any atom is -0.321 e. The molecule has 1 rings (SSSR count). The van der Waals surface area contributed by atoms with Gasteiger partial charge < -0.3 is 5.73 Å². The molecule has 0 radical (unpaired) electrons. The minimum absolute atomic E-state index is 0.165. The number of rotatable bonds is 9. The van der Waals surface area contributed by atoms with Crippen molar-refractivity contribution in [3.8, 4) is 0 Å². The van der Waals surface area contributed by atoms with Gasteiger partial charge in [0.25, 0.3) is 0 Å². The van der Waals surface area contributed by atoms with Crippen molar-refractivity contribution in [2.24, 2.45) is 11.7 Å². The maximum atomic E-state index is 12.0. The Morgan fingerprint density at radius 3 is 2.25 bits per heavy atom. The molecule has 0 aliphatic rings. The first-order valence-electron chi connectivity index (χ1n) is 7.89. The number of carbonyl (C=O) groups excluding carboxylic acids is 1. The highest BCUT2D eigenvalue weighted by atomic mass is 16.1. The van der Waals surface area contributed by atoms with Crippen molar-refractivity contribution in [3.05, 3.63) is 35.4 Å². The van der Waals surface area contributed by atoms with Crippen LogP contribution in [0.2, 0.25) is 0 Å². The zero-order valence-electron chi connectivity index (χ0n) is 13.2. The maximum absolute atomic E-state index is 12.0. The summed E-state index contributed by atoms with van der Waals surface area (Å²) in [5, 5.41) is 0. The summed E-state index contributed by atoms with van der Waals surface area (Å²) in [7, 11) is 0. The van der Waals surface area contributed by atoms with E-state index in [0.717, 1.165) is 37.7 Å². The number of unbranched alkanes of at least 4 members (excludes halogenated alkanes) is 2. The Hall–Kier alpha value is -1.15.